The molecule has 0 aromatic carbocycles. The summed E-state index contributed by atoms with van der Waals surface area (Å²) in [5, 5.41) is 9.22. The van der Waals surface area contributed by atoms with E-state index in [1.165, 1.54) is 0 Å². The van der Waals surface area contributed by atoms with Crippen LogP contribution >= 0.6 is 0 Å². The molecule has 0 bridgehead atoms. The van der Waals surface area contributed by atoms with Crippen LogP contribution in [-0.2, 0) is 19.1 Å². The first-order chi connectivity index (χ1) is 9.17. The van der Waals surface area contributed by atoms with Gasteiger partial charge in [0.25, 0.3) is 0 Å². The largest absolute Gasteiger partial charge is 0.470 e. The molecule has 0 amide bonds. The van der Waals surface area contributed by atoms with Crippen LogP contribution in [0.15, 0.2) is 11.5 Å². The number of carbonyl (C=O) groups excluding carboxylic acids is 2. The van der Waals surface area contributed by atoms with E-state index >= 15 is 0 Å². The summed E-state index contributed by atoms with van der Waals surface area (Å²) in [4.78, 5) is 25.4. The lowest BCUT2D eigenvalue weighted by Crippen LogP contribution is -2.37. The molecule has 1 N–H and O–H groups in total. The Morgan fingerprint density at radius 1 is 1.58 bits per heavy atom. The van der Waals surface area contributed by atoms with Gasteiger partial charge in [0.1, 0.15) is 0 Å². The highest BCUT2D eigenvalue weighted by Crippen LogP contribution is 2.26. The van der Waals surface area contributed by atoms with Crippen LogP contribution in [0.25, 0.3) is 0 Å². The first kappa shape index (κ1) is 13.9. The van der Waals surface area contributed by atoms with Crippen LogP contribution in [0.1, 0.15) is 19.8 Å². The summed E-state index contributed by atoms with van der Waals surface area (Å²) >= 11 is 0. The van der Waals surface area contributed by atoms with Crippen molar-refractivity contribution < 1.29 is 24.2 Å². The molecule has 1 saturated heterocycles. The van der Waals surface area contributed by atoms with Crippen molar-refractivity contribution in [2.75, 3.05) is 32.9 Å². The van der Waals surface area contributed by atoms with Gasteiger partial charge in [-0.15, -0.1) is 0 Å². The van der Waals surface area contributed by atoms with Crippen LogP contribution in [0, 0.1) is 5.92 Å². The highest BCUT2D eigenvalue weighted by molar-refractivity contribution is 6.19. The zero-order chi connectivity index (χ0) is 13.8. The minimum atomic E-state index is -0.619. The predicted octanol–water partition coefficient (Wildman–Crippen LogP) is 0.0647. The first-order valence-corrected chi connectivity index (χ1v) is 6.60. The summed E-state index contributed by atoms with van der Waals surface area (Å²) in [6.45, 7) is 3.24. The molecule has 1 atom stereocenters. The van der Waals surface area contributed by atoms with E-state index in [4.69, 9.17) is 9.47 Å². The Kier molecular flexibility index (Phi) is 4.42. The van der Waals surface area contributed by atoms with Gasteiger partial charge in [0.2, 0.25) is 11.7 Å². The number of piperidine rings is 1. The maximum Gasteiger partial charge on any atom is 0.347 e. The van der Waals surface area contributed by atoms with Gasteiger partial charge in [-0.25, -0.2) is 4.79 Å². The van der Waals surface area contributed by atoms with Crippen molar-refractivity contribution in [3.8, 4) is 0 Å². The average Bonchev–Trinajstić information content (AvgIpc) is 2.81. The number of hydrogen-bond donors (Lipinski definition) is 1. The summed E-state index contributed by atoms with van der Waals surface area (Å²) in [6, 6.07) is 0. The summed E-state index contributed by atoms with van der Waals surface area (Å²) in [5.41, 5.74) is 0.0143. The molecular formula is C13H19NO5. The SMILES string of the molecule is CCOC(=O)C1=C(N2CCCC(CO)C2)OCC1=O. The lowest BCUT2D eigenvalue weighted by molar-refractivity contribution is -0.139. The first-order valence-electron chi connectivity index (χ1n) is 6.60. The molecule has 0 aromatic rings. The smallest absolute Gasteiger partial charge is 0.347 e. The standard InChI is InChI=1S/C13H19NO5/c1-2-18-13(17)11-10(16)8-19-12(11)14-5-3-4-9(6-14)7-15/h9,15H,2-8H2,1H3. The van der Waals surface area contributed by atoms with E-state index < -0.39 is 5.97 Å². The van der Waals surface area contributed by atoms with E-state index in [2.05, 4.69) is 0 Å². The molecule has 0 aliphatic carbocycles. The van der Waals surface area contributed by atoms with Gasteiger partial charge >= 0.3 is 5.97 Å². The Morgan fingerprint density at radius 3 is 3.05 bits per heavy atom. The number of nitrogens with zero attached hydrogens (tertiary/aromatic N) is 1. The van der Waals surface area contributed by atoms with Gasteiger partial charge in [0.05, 0.1) is 6.61 Å². The monoisotopic (exact) mass is 269 g/mol. The molecule has 2 aliphatic heterocycles. The molecule has 0 saturated carbocycles. The number of Topliss-reactive ketones (excluding diaryl/α,β-unsaturated/α-hetero) is 1. The van der Waals surface area contributed by atoms with Crippen LogP contribution in [0.2, 0.25) is 0 Å². The average molecular weight is 269 g/mol. The molecule has 0 spiro atoms. The second-order valence-electron chi connectivity index (χ2n) is 4.75. The molecule has 0 aromatic heterocycles. The molecular weight excluding hydrogens is 250 g/mol. The summed E-state index contributed by atoms with van der Waals surface area (Å²) < 4.78 is 10.2. The van der Waals surface area contributed by atoms with Crippen molar-refractivity contribution in [3.63, 3.8) is 0 Å². The molecule has 6 heteroatoms. The molecule has 2 heterocycles. The zero-order valence-electron chi connectivity index (χ0n) is 11.1. The molecule has 2 aliphatic rings. The molecule has 106 valence electrons. The Labute approximate surface area is 112 Å². The van der Waals surface area contributed by atoms with E-state index in [1.807, 2.05) is 4.90 Å². The Hall–Kier alpha value is -1.56. The maximum atomic E-state index is 11.8. The minimum Gasteiger partial charge on any atom is -0.470 e. The number of aliphatic hydroxyl groups is 1. The van der Waals surface area contributed by atoms with Gasteiger partial charge in [-0.2, -0.15) is 0 Å². The van der Waals surface area contributed by atoms with Gasteiger partial charge in [-0.1, -0.05) is 0 Å². The number of hydrogen-bond acceptors (Lipinski definition) is 6. The third-order valence-corrected chi connectivity index (χ3v) is 3.38. The third kappa shape index (κ3) is 2.89. The van der Waals surface area contributed by atoms with E-state index in [-0.39, 0.29) is 37.1 Å². The lowest BCUT2D eigenvalue weighted by atomic mass is 9.99. The van der Waals surface area contributed by atoms with E-state index in [0.717, 1.165) is 19.4 Å². The van der Waals surface area contributed by atoms with Crippen molar-refractivity contribution in [2.45, 2.75) is 19.8 Å². The van der Waals surface area contributed by atoms with Crippen LogP contribution in [0.5, 0.6) is 0 Å². The molecule has 1 fully saturated rings. The number of rotatable bonds is 4. The van der Waals surface area contributed by atoms with Gasteiger partial charge in [0, 0.05) is 19.7 Å². The van der Waals surface area contributed by atoms with Gasteiger partial charge < -0.3 is 19.5 Å². The number of likely N-dealkylation sites (tertiary alicyclic amines) is 1. The third-order valence-electron chi connectivity index (χ3n) is 3.38. The number of ketones is 1. The normalized spacial score (nSPS) is 23.6. The number of esters is 1. The fourth-order valence-corrected chi connectivity index (χ4v) is 2.45. The maximum absolute atomic E-state index is 11.8. The molecule has 0 radical (unpaired) electrons. The van der Waals surface area contributed by atoms with E-state index in [1.54, 1.807) is 6.92 Å². The summed E-state index contributed by atoms with van der Waals surface area (Å²) in [5.74, 6) is -0.476. The molecule has 19 heavy (non-hydrogen) atoms. The second kappa shape index (κ2) is 6.06. The van der Waals surface area contributed by atoms with Crippen molar-refractivity contribution in [3.05, 3.63) is 11.5 Å². The Bertz CT molecular complexity index is 404. The van der Waals surface area contributed by atoms with Crippen LogP contribution in [0.4, 0.5) is 0 Å². The predicted molar refractivity (Wildman–Crippen MR) is 66.0 cm³/mol. The Balaban J connectivity index is 2.19. The molecule has 1 unspecified atom stereocenters. The lowest BCUT2D eigenvalue weighted by Gasteiger charge is -2.33. The molecule has 2 rings (SSSR count). The van der Waals surface area contributed by atoms with Crippen molar-refractivity contribution in [1.82, 2.24) is 4.90 Å². The number of aliphatic hydroxyl groups excluding tert-OH is 1. The number of carbonyl (C=O) groups is 2. The van der Waals surface area contributed by atoms with Crippen LogP contribution in [0.3, 0.4) is 0 Å². The van der Waals surface area contributed by atoms with E-state index in [9.17, 15) is 14.7 Å². The van der Waals surface area contributed by atoms with Crippen molar-refractivity contribution in [1.29, 1.82) is 0 Å². The highest BCUT2D eigenvalue weighted by Gasteiger charge is 2.36. The summed E-state index contributed by atoms with van der Waals surface area (Å²) in [7, 11) is 0. The van der Waals surface area contributed by atoms with Crippen molar-refractivity contribution in [2.24, 2.45) is 5.92 Å². The quantitative estimate of drug-likeness (QED) is 0.575. The van der Waals surface area contributed by atoms with Crippen LogP contribution in [-0.4, -0.2) is 54.7 Å². The van der Waals surface area contributed by atoms with Crippen molar-refractivity contribution >= 4 is 11.8 Å². The fraction of sp³-hybridized carbons (Fsp3) is 0.692. The van der Waals surface area contributed by atoms with Gasteiger partial charge in [0.15, 0.2) is 12.2 Å². The topological polar surface area (TPSA) is 76.1 Å². The van der Waals surface area contributed by atoms with Crippen LogP contribution < -0.4 is 0 Å². The summed E-state index contributed by atoms with van der Waals surface area (Å²) in [6.07, 6.45) is 1.85. The molecule has 6 nitrogen and oxygen atoms in total. The second-order valence-corrected chi connectivity index (χ2v) is 4.75. The fourth-order valence-electron chi connectivity index (χ4n) is 2.45. The highest BCUT2D eigenvalue weighted by atomic mass is 16.5. The number of ether oxygens (including phenoxy) is 2. The Morgan fingerprint density at radius 2 is 2.37 bits per heavy atom. The zero-order valence-corrected chi connectivity index (χ0v) is 11.1. The van der Waals surface area contributed by atoms with Gasteiger partial charge in [-0.05, 0) is 25.7 Å². The van der Waals surface area contributed by atoms with Gasteiger partial charge in [-0.3, -0.25) is 4.79 Å². The van der Waals surface area contributed by atoms with E-state index in [0.29, 0.717) is 12.4 Å². The minimum absolute atomic E-state index is 0.0143.